The van der Waals surface area contributed by atoms with Crippen molar-refractivity contribution < 1.29 is 4.42 Å². The van der Waals surface area contributed by atoms with Gasteiger partial charge in [0, 0.05) is 24.4 Å². The van der Waals surface area contributed by atoms with Crippen molar-refractivity contribution in [1.29, 1.82) is 0 Å². The van der Waals surface area contributed by atoms with E-state index < -0.39 is 0 Å². The molecule has 5 nitrogen and oxygen atoms in total. The lowest BCUT2D eigenvalue weighted by atomic mass is 10.2. The molecule has 2 aromatic heterocycles. The highest BCUT2D eigenvalue weighted by Gasteiger charge is 2.07. The van der Waals surface area contributed by atoms with Crippen LogP contribution in [0.4, 0.5) is 0 Å². The summed E-state index contributed by atoms with van der Waals surface area (Å²) < 4.78 is 5.36. The van der Waals surface area contributed by atoms with E-state index >= 15 is 0 Å². The molecule has 0 radical (unpaired) electrons. The molecule has 0 amide bonds. The summed E-state index contributed by atoms with van der Waals surface area (Å²) in [5, 5.41) is 9.99. The van der Waals surface area contributed by atoms with E-state index in [0.717, 1.165) is 41.8 Å². The molecular weight excluding hydrogens is 320 g/mol. The first-order chi connectivity index (χ1) is 11.6. The minimum absolute atomic E-state index is 0.377. The fourth-order valence-corrected chi connectivity index (χ4v) is 2.94. The molecule has 1 atom stereocenters. The molecule has 0 saturated heterocycles. The predicted molar refractivity (Wildman–Crippen MR) is 101 cm³/mol. The third-order valence-corrected chi connectivity index (χ3v) is 4.62. The van der Waals surface area contributed by atoms with Crippen LogP contribution in [0.3, 0.4) is 0 Å². The monoisotopic (exact) mass is 348 g/mol. The molecule has 0 aliphatic heterocycles. The lowest BCUT2D eigenvalue weighted by molar-refractivity contribution is 0.506. The van der Waals surface area contributed by atoms with Gasteiger partial charge in [0.25, 0.3) is 0 Å². The Morgan fingerprint density at radius 1 is 1.38 bits per heavy atom. The molecule has 24 heavy (non-hydrogen) atoms. The zero-order valence-electron chi connectivity index (χ0n) is 15.0. The summed E-state index contributed by atoms with van der Waals surface area (Å²) in [6.07, 6.45) is 3.59. The van der Waals surface area contributed by atoms with Gasteiger partial charge < -0.3 is 15.1 Å². The molecular formula is C18H28N4OS. The number of nitrogens with one attached hydrogen (secondary N) is 2. The average Bonchev–Trinajstić information content (AvgIpc) is 3.23. The minimum atomic E-state index is 0.377. The van der Waals surface area contributed by atoms with Crippen molar-refractivity contribution in [2.75, 3.05) is 6.54 Å². The first-order valence-corrected chi connectivity index (χ1v) is 9.48. The van der Waals surface area contributed by atoms with Crippen molar-refractivity contribution in [1.82, 2.24) is 15.6 Å². The van der Waals surface area contributed by atoms with Crippen LogP contribution in [0.15, 0.2) is 33.2 Å². The molecule has 0 bridgehead atoms. The van der Waals surface area contributed by atoms with Crippen molar-refractivity contribution >= 4 is 17.3 Å². The van der Waals surface area contributed by atoms with Crippen LogP contribution in [-0.4, -0.2) is 23.5 Å². The van der Waals surface area contributed by atoms with E-state index in [1.165, 1.54) is 0 Å². The highest BCUT2D eigenvalue weighted by molar-refractivity contribution is 7.09. The number of hydrogen-bond acceptors (Lipinski definition) is 4. The molecule has 2 N–H and O–H groups in total. The normalized spacial score (nSPS) is 13.3. The maximum Gasteiger partial charge on any atom is 0.191 e. The van der Waals surface area contributed by atoms with Gasteiger partial charge in [0.05, 0.1) is 18.5 Å². The molecule has 0 spiro atoms. The smallest absolute Gasteiger partial charge is 0.191 e. The minimum Gasteiger partial charge on any atom is -0.469 e. The summed E-state index contributed by atoms with van der Waals surface area (Å²) in [4.78, 5) is 9.33. The molecule has 132 valence electrons. The van der Waals surface area contributed by atoms with Gasteiger partial charge in [0.1, 0.15) is 10.8 Å². The lowest BCUT2D eigenvalue weighted by Crippen LogP contribution is -2.42. The number of thiazole rings is 1. The van der Waals surface area contributed by atoms with Gasteiger partial charge >= 0.3 is 0 Å². The molecule has 0 aromatic carbocycles. The largest absolute Gasteiger partial charge is 0.469 e. The number of nitrogens with zero attached hydrogens (tertiary/aromatic N) is 2. The highest BCUT2D eigenvalue weighted by atomic mass is 32.1. The van der Waals surface area contributed by atoms with Crippen molar-refractivity contribution in [2.24, 2.45) is 4.99 Å². The maximum absolute atomic E-state index is 5.36. The van der Waals surface area contributed by atoms with Crippen LogP contribution in [0.2, 0.25) is 0 Å². The van der Waals surface area contributed by atoms with Crippen molar-refractivity contribution in [3.63, 3.8) is 0 Å². The number of furan rings is 1. The van der Waals surface area contributed by atoms with Crippen molar-refractivity contribution in [3.8, 4) is 0 Å². The van der Waals surface area contributed by atoms with Gasteiger partial charge in [0.2, 0.25) is 0 Å². The van der Waals surface area contributed by atoms with E-state index in [1.54, 1.807) is 17.6 Å². The molecule has 0 saturated carbocycles. The molecule has 2 rings (SSSR count). The molecule has 6 heteroatoms. The second kappa shape index (κ2) is 9.47. The second-order valence-corrected chi connectivity index (χ2v) is 7.14. The van der Waals surface area contributed by atoms with Crippen LogP contribution >= 0.6 is 11.3 Å². The molecule has 2 aromatic rings. The topological polar surface area (TPSA) is 62.5 Å². The fourth-order valence-electron chi connectivity index (χ4n) is 2.06. The number of guanidine groups is 1. The average molecular weight is 349 g/mol. The Morgan fingerprint density at radius 2 is 2.21 bits per heavy atom. The first kappa shape index (κ1) is 18.5. The third-order valence-electron chi connectivity index (χ3n) is 3.77. The summed E-state index contributed by atoms with van der Waals surface area (Å²) in [5.74, 6) is 2.27. The van der Waals surface area contributed by atoms with Crippen LogP contribution in [0.25, 0.3) is 0 Å². The zero-order valence-corrected chi connectivity index (χ0v) is 15.8. The van der Waals surface area contributed by atoms with Crippen LogP contribution in [-0.2, 0) is 13.0 Å². The summed E-state index contributed by atoms with van der Waals surface area (Å²) in [6.45, 7) is 10.0. The maximum atomic E-state index is 5.36. The van der Waals surface area contributed by atoms with Crippen LogP contribution in [0.5, 0.6) is 0 Å². The zero-order chi connectivity index (χ0) is 17.4. The Kier molecular flexibility index (Phi) is 7.31. The van der Waals surface area contributed by atoms with Gasteiger partial charge in [-0.3, -0.25) is 0 Å². The second-order valence-electron chi connectivity index (χ2n) is 6.20. The van der Waals surface area contributed by atoms with Gasteiger partial charge in [0.15, 0.2) is 5.96 Å². The standard InChI is InChI=1S/C18H28N4OS/c1-5-14(4)21-18(19-9-8-15-7-6-10-23-15)20-11-17-22-16(12-24-17)13(2)3/h6-7,10,12-14H,5,8-9,11H2,1-4H3,(H2,19,20,21). The highest BCUT2D eigenvalue weighted by Crippen LogP contribution is 2.18. The van der Waals surface area contributed by atoms with E-state index in [9.17, 15) is 0 Å². The van der Waals surface area contributed by atoms with Crippen molar-refractivity contribution in [3.05, 3.63) is 40.2 Å². The SMILES string of the molecule is CCC(C)NC(=NCc1nc(C(C)C)cs1)NCCc1ccco1. The van der Waals surface area contributed by atoms with Gasteiger partial charge in [-0.05, 0) is 31.4 Å². The molecule has 2 heterocycles. The Bertz CT molecular complexity index is 619. The van der Waals surface area contributed by atoms with E-state index in [0.29, 0.717) is 18.5 Å². The van der Waals surface area contributed by atoms with Gasteiger partial charge in [-0.1, -0.05) is 20.8 Å². The molecule has 1 unspecified atom stereocenters. The number of aliphatic imine (C=N–C) groups is 1. The lowest BCUT2D eigenvalue weighted by Gasteiger charge is -2.16. The number of hydrogen-bond donors (Lipinski definition) is 2. The Morgan fingerprint density at radius 3 is 2.83 bits per heavy atom. The summed E-state index contributed by atoms with van der Waals surface area (Å²) in [5.41, 5.74) is 1.15. The Labute approximate surface area is 148 Å². The Hall–Kier alpha value is -1.82. The van der Waals surface area contributed by atoms with Gasteiger partial charge in [-0.2, -0.15) is 0 Å². The van der Waals surface area contributed by atoms with E-state index in [2.05, 4.69) is 53.7 Å². The van der Waals surface area contributed by atoms with Gasteiger partial charge in [-0.15, -0.1) is 11.3 Å². The van der Waals surface area contributed by atoms with E-state index in [-0.39, 0.29) is 0 Å². The molecule has 0 fully saturated rings. The first-order valence-electron chi connectivity index (χ1n) is 8.60. The summed E-state index contributed by atoms with van der Waals surface area (Å²) in [6, 6.07) is 4.28. The van der Waals surface area contributed by atoms with Crippen LogP contribution in [0.1, 0.15) is 56.5 Å². The van der Waals surface area contributed by atoms with Gasteiger partial charge in [-0.25, -0.2) is 9.98 Å². The number of aromatic nitrogens is 1. The molecule has 0 aliphatic carbocycles. The number of rotatable bonds is 8. The fraction of sp³-hybridized carbons (Fsp3) is 0.556. The quantitative estimate of drug-likeness (QED) is 0.560. The van der Waals surface area contributed by atoms with Crippen molar-refractivity contribution in [2.45, 2.75) is 59.0 Å². The van der Waals surface area contributed by atoms with Crippen LogP contribution < -0.4 is 10.6 Å². The summed E-state index contributed by atoms with van der Waals surface area (Å²) in [7, 11) is 0. The van der Waals surface area contributed by atoms with Crippen LogP contribution in [0, 0.1) is 0 Å². The van der Waals surface area contributed by atoms with E-state index in [1.807, 2.05) is 12.1 Å². The predicted octanol–water partition coefficient (Wildman–Crippen LogP) is 3.94. The summed E-state index contributed by atoms with van der Waals surface area (Å²) >= 11 is 1.68. The molecule has 0 aliphatic rings. The Balaban J connectivity index is 1.92. The third kappa shape index (κ3) is 6.00. The van der Waals surface area contributed by atoms with E-state index in [4.69, 9.17) is 4.42 Å².